The zero-order chi connectivity index (χ0) is 16.1. The molecule has 114 valence electrons. The second-order valence-electron chi connectivity index (χ2n) is 4.43. The number of halogens is 1. The van der Waals surface area contributed by atoms with Crippen LogP contribution in [0.3, 0.4) is 0 Å². The van der Waals surface area contributed by atoms with Gasteiger partial charge in [-0.15, -0.1) is 0 Å². The highest BCUT2D eigenvalue weighted by atomic mass is 35.5. The Balaban J connectivity index is 2.17. The van der Waals surface area contributed by atoms with Crippen LogP contribution in [0, 0.1) is 0 Å². The fourth-order valence-electron chi connectivity index (χ4n) is 1.84. The average Bonchev–Trinajstić information content (AvgIpc) is 2.53. The zero-order valence-corrected chi connectivity index (χ0v) is 12.4. The van der Waals surface area contributed by atoms with Crippen LogP contribution in [0.25, 0.3) is 0 Å². The van der Waals surface area contributed by atoms with E-state index in [-0.39, 0.29) is 17.2 Å². The van der Waals surface area contributed by atoms with Gasteiger partial charge in [0.25, 0.3) is 0 Å². The number of benzene rings is 2. The second-order valence-corrected chi connectivity index (χ2v) is 4.83. The molecule has 0 unspecified atom stereocenters. The summed E-state index contributed by atoms with van der Waals surface area (Å²) in [5, 5.41) is 10.9. The summed E-state index contributed by atoms with van der Waals surface area (Å²) in [7, 11) is 1.45. The second kappa shape index (κ2) is 6.95. The normalized spacial score (nSPS) is 10.1. The van der Waals surface area contributed by atoms with Gasteiger partial charge < -0.3 is 19.4 Å². The standard InChI is InChI=1S/C16H13ClO5/c1-21-14-7-11(8-18)6-13(17)15(14)22-9-10-2-4-12(5-3-10)16(19)20/h2-8H,9H2,1H3,(H,19,20)/p-1. The summed E-state index contributed by atoms with van der Waals surface area (Å²) in [4.78, 5) is 21.5. The summed E-state index contributed by atoms with van der Waals surface area (Å²) < 4.78 is 10.8. The van der Waals surface area contributed by atoms with Gasteiger partial charge in [-0.2, -0.15) is 0 Å². The van der Waals surface area contributed by atoms with Crippen molar-refractivity contribution < 1.29 is 24.2 Å². The lowest BCUT2D eigenvalue weighted by Gasteiger charge is -2.13. The molecule has 0 atom stereocenters. The van der Waals surface area contributed by atoms with Crippen molar-refractivity contribution in [1.29, 1.82) is 0 Å². The van der Waals surface area contributed by atoms with Gasteiger partial charge in [-0.3, -0.25) is 4.79 Å². The van der Waals surface area contributed by atoms with Gasteiger partial charge in [-0.25, -0.2) is 0 Å². The third kappa shape index (κ3) is 3.56. The quantitative estimate of drug-likeness (QED) is 0.762. The van der Waals surface area contributed by atoms with Gasteiger partial charge in [0, 0.05) is 5.56 Å². The monoisotopic (exact) mass is 319 g/mol. The van der Waals surface area contributed by atoms with E-state index in [0.717, 1.165) is 5.56 Å². The minimum atomic E-state index is -1.23. The van der Waals surface area contributed by atoms with Crippen molar-refractivity contribution >= 4 is 23.9 Å². The number of hydrogen-bond acceptors (Lipinski definition) is 5. The van der Waals surface area contributed by atoms with Crippen molar-refractivity contribution in [3.8, 4) is 11.5 Å². The van der Waals surface area contributed by atoms with Crippen molar-refractivity contribution in [3.05, 3.63) is 58.1 Å². The van der Waals surface area contributed by atoms with Crippen molar-refractivity contribution in [2.75, 3.05) is 7.11 Å². The van der Waals surface area contributed by atoms with Crippen LogP contribution in [0.15, 0.2) is 36.4 Å². The van der Waals surface area contributed by atoms with E-state index in [9.17, 15) is 14.7 Å². The molecule has 2 rings (SSSR count). The Labute approximate surface area is 132 Å². The molecule has 5 nitrogen and oxygen atoms in total. The van der Waals surface area contributed by atoms with Gasteiger partial charge >= 0.3 is 0 Å². The maximum absolute atomic E-state index is 10.8. The Morgan fingerprint density at radius 3 is 2.50 bits per heavy atom. The summed E-state index contributed by atoms with van der Waals surface area (Å²) in [5.74, 6) is -0.568. The Bertz CT molecular complexity index is 694. The summed E-state index contributed by atoms with van der Waals surface area (Å²) in [5.41, 5.74) is 1.23. The number of carboxylic acids is 1. The first-order chi connectivity index (χ1) is 10.5. The van der Waals surface area contributed by atoms with E-state index in [4.69, 9.17) is 21.1 Å². The minimum Gasteiger partial charge on any atom is -0.545 e. The molecular formula is C16H12ClO5-. The van der Waals surface area contributed by atoms with Gasteiger partial charge in [-0.05, 0) is 23.3 Å². The number of methoxy groups -OCH3 is 1. The molecular weight excluding hydrogens is 308 g/mol. The number of carboxylic acid groups (broad SMARTS) is 1. The van der Waals surface area contributed by atoms with Crippen LogP contribution in [-0.4, -0.2) is 19.4 Å². The molecule has 0 bridgehead atoms. The largest absolute Gasteiger partial charge is 0.545 e. The third-order valence-corrected chi connectivity index (χ3v) is 3.24. The Morgan fingerprint density at radius 2 is 1.95 bits per heavy atom. The molecule has 6 heteroatoms. The smallest absolute Gasteiger partial charge is 0.180 e. The van der Waals surface area contributed by atoms with E-state index in [0.29, 0.717) is 23.3 Å². The molecule has 0 aliphatic heterocycles. The summed E-state index contributed by atoms with van der Waals surface area (Å²) >= 11 is 6.08. The third-order valence-electron chi connectivity index (χ3n) is 2.96. The molecule has 0 saturated heterocycles. The van der Waals surface area contributed by atoms with Crippen LogP contribution in [0.5, 0.6) is 11.5 Å². The predicted molar refractivity (Wildman–Crippen MR) is 78.5 cm³/mol. The Hall–Kier alpha value is -2.53. The number of carbonyl (C=O) groups excluding carboxylic acids is 2. The van der Waals surface area contributed by atoms with Crippen LogP contribution in [-0.2, 0) is 6.61 Å². The topological polar surface area (TPSA) is 75.7 Å². The van der Waals surface area contributed by atoms with Gasteiger partial charge in [0.2, 0.25) is 0 Å². The highest BCUT2D eigenvalue weighted by Crippen LogP contribution is 2.36. The predicted octanol–water partition coefficient (Wildman–Crippen LogP) is 2.10. The van der Waals surface area contributed by atoms with Gasteiger partial charge in [0.15, 0.2) is 11.5 Å². The summed E-state index contributed by atoms with van der Waals surface area (Å²) in [6, 6.07) is 9.10. The van der Waals surface area contributed by atoms with E-state index in [1.807, 2.05) is 0 Å². The van der Waals surface area contributed by atoms with Crippen LogP contribution >= 0.6 is 11.6 Å². The minimum absolute atomic E-state index is 0.0923. The lowest BCUT2D eigenvalue weighted by atomic mass is 10.1. The maximum Gasteiger partial charge on any atom is 0.180 e. The lowest BCUT2D eigenvalue weighted by molar-refractivity contribution is -0.255. The molecule has 0 aromatic heterocycles. The van der Waals surface area contributed by atoms with Crippen LogP contribution in [0.4, 0.5) is 0 Å². The van der Waals surface area contributed by atoms with Crippen molar-refractivity contribution in [1.82, 2.24) is 0 Å². The first kappa shape index (κ1) is 15.9. The average molecular weight is 320 g/mol. The molecule has 0 amide bonds. The van der Waals surface area contributed by atoms with Crippen molar-refractivity contribution in [2.45, 2.75) is 6.61 Å². The molecule has 0 saturated carbocycles. The summed E-state index contributed by atoms with van der Waals surface area (Å²) in [6.07, 6.45) is 0.664. The Kier molecular flexibility index (Phi) is 5.01. The van der Waals surface area contributed by atoms with E-state index in [1.54, 1.807) is 12.1 Å². The molecule has 0 radical (unpaired) electrons. The highest BCUT2D eigenvalue weighted by molar-refractivity contribution is 6.32. The van der Waals surface area contributed by atoms with Crippen molar-refractivity contribution in [2.24, 2.45) is 0 Å². The van der Waals surface area contributed by atoms with E-state index in [2.05, 4.69) is 0 Å². The van der Waals surface area contributed by atoms with E-state index in [1.165, 1.54) is 31.4 Å². The molecule has 2 aromatic carbocycles. The Morgan fingerprint density at radius 1 is 1.27 bits per heavy atom. The molecule has 2 aromatic rings. The van der Waals surface area contributed by atoms with Gasteiger partial charge in [-0.1, -0.05) is 35.9 Å². The highest BCUT2D eigenvalue weighted by Gasteiger charge is 2.12. The number of ether oxygens (including phenoxy) is 2. The molecule has 0 spiro atoms. The number of aromatic carboxylic acids is 1. The fourth-order valence-corrected chi connectivity index (χ4v) is 2.11. The number of hydrogen-bond donors (Lipinski definition) is 0. The van der Waals surface area contributed by atoms with Crippen LogP contribution in [0.1, 0.15) is 26.3 Å². The van der Waals surface area contributed by atoms with Crippen LogP contribution < -0.4 is 14.6 Å². The lowest BCUT2D eigenvalue weighted by Crippen LogP contribution is -2.22. The number of rotatable bonds is 6. The van der Waals surface area contributed by atoms with Crippen LogP contribution in [0.2, 0.25) is 5.02 Å². The van der Waals surface area contributed by atoms with Gasteiger partial charge in [0.1, 0.15) is 12.9 Å². The van der Waals surface area contributed by atoms with E-state index >= 15 is 0 Å². The molecule has 0 fully saturated rings. The molecule has 0 N–H and O–H groups in total. The maximum atomic E-state index is 10.8. The molecule has 0 aliphatic carbocycles. The molecule has 0 heterocycles. The first-order valence-corrected chi connectivity index (χ1v) is 6.68. The number of carbonyl (C=O) groups is 2. The first-order valence-electron chi connectivity index (χ1n) is 6.31. The molecule has 0 aliphatic rings. The van der Waals surface area contributed by atoms with Crippen molar-refractivity contribution in [3.63, 3.8) is 0 Å². The SMILES string of the molecule is COc1cc(C=O)cc(Cl)c1OCc1ccc(C(=O)[O-])cc1. The fraction of sp³-hybridized carbons (Fsp3) is 0.125. The molecule has 22 heavy (non-hydrogen) atoms. The zero-order valence-electron chi connectivity index (χ0n) is 11.7. The number of aldehydes is 1. The summed E-state index contributed by atoms with van der Waals surface area (Å²) in [6.45, 7) is 0.170. The van der Waals surface area contributed by atoms with E-state index < -0.39 is 5.97 Å². The van der Waals surface area contributed by atoms with Gasteiger partial charge in [0.05, 0.1) is 18.1 Å².